The van der Waals surface area contributed by atoms with Crippen LogP contribution in [0.25, 0.3) is 0 Å². The molecule has 0 saturated carbocycles. The SMILES string of the molecule is COc1cc(CNCCNCCO)ccc1OCc1c(Cl)cccc1Cl. The molecule has 142 valence electrons. The lowest BCUT2D eigenvalue weighted by atomic mass is 10.2. The fraction of sp³-hybridized carbons (Fsp3) is 0.368. The van der Waals surface area contributed by atoms with Crippen LogP contribution in [0.15, 0.2) is 36.4 Å². The zero-order valence-corrected chi connectivity index (χ0v) is 16.2. The molecule has 0 spiro atoms. The van der Waals surface area contributed by atoms with E-state index in [4.69, 9.17) is 37.8 Å². The maximum Gasteiger partial charge on any atom is 0.161 e. The van der Waals surface area contributed by atoms with E-state index < -0.39 is 0 Å². The summed E-state index contributed by atoms with van der Waals surface area (Å²) in [4.78, 5) is 0. The lowest BCUT2D eigenvalue weighted by Gasteiger charge is -2.14. The molecule has 0 heterocycles. The number of halogens is 2. The highest BCUT2D eigenvalue weighted by Crippen LogP contribution is 2.31. The Balaban J connectivity index is 1.91. The van der Waals surface area contributed by atoms with E-state index in [0.29, 0.717) is 34.6 Å². The van der Waals surface area contributed by atoms with Crippen LogP contribution in [0.2, 0.25) is 10.0 Å². The van der Waals surface area contributed by atoms with Crippen LogP contribution in [0.5, 0.6) is 11.5 Å². The second kappa shape index (κ2) is 11.3. The van der Waals surface area contributed by atoms with Gasteiger partial charge >= 0.3 is 0 Å². The molecule has 0 aliphatic heterocycles. The monoisotopic (exact) mass is 398 g/mol. The van der Waals surface area contributed by atoms with Crippen molar-refractivity contribution >= 4 is 23.2 Å². The predicted octanol–water partition coefficient (Wildman–Crippen LogP) is 3.25. The molecular weight excluding hydrogens is 375 g/mol. The number of nitrogens with one attached hydrogen (secondary N) is 2. The van der Waals surface area contributed by atoms with Gasteiger partial charge in [-0.1, -0.05) is 35.3 Å². The molecule has 0 saturated heterocycles. The van der Waals surface area contributed by atoms with Gasteiger partial charge in [-0.3, -0.25) is 0 Å². The van der Waals surface area contributed by atoms with Crippen LogP contribution in [0.3, 0.4) is 0 Å². The lowest BCUT2D eigenvalue weighted by Crippen LogP contribution is -2.28. The first kappa shape index (κ1) is 20.8. The Hall–Kier alpha value is -1.50. The Kier molecular flexibility index (Phi) is 9.01. The molecule has 3 N–H and O–H groups in total. The van der Waals surface area contributed by atoms with Crippen LogP contribution in [-0.2, 0) is 13.2 Å². The minimum atomic E-state index is 0.151. The molecule has 0 bridgehead atoms. The summed E-state index contributed by atoms with van der Waals surface area (Å²) in [6.45, 7) is 3.36. The summed E-state index contributed by atoms with van der Waals surface area (Å²) in [6, 6.07) is 11.2. The molecule has 0 fully saturated rings. The molecule has 26 heavy (non-hydrogen) atoms. The summed E-state index contributed by atoms with van der Waals surface area (Å²) in [5, 5.41) is 16.3. The molecule has 0 aromatic heterocycles. The summed E-state index contributed by atoms with van der Waals surface area (Å²) < 4.78 is 11.3. The van der Waals surface area contributed by atoms with Gasteiger partial charge in [0.05, 0.1) is 13.7 Å². The summed E-state index contributed by atoms with van der Waals surface area (Å²) in [7, 11) is 1.61. The summed E-state index contributed by atoms with van der Waals surface area (Å²) in [6.07, 6.45) is 0. The molecule has 0 aliphatic carbocycles. The van der Waals surface area contributed by atoms with Gasteiger partial charge in [0, 0.05) is 41.8 Å². The minimum absolute atomic E-state index is 0.151. The maximum absolute atomic E-state index is 8.71. The summed E-state index contributed by atoms with van der Waals surface area (Å²) in [5.74, 6) is 1.29. The number of aliphatic hydroxyl groups excluding tert-OH is 1. The zero-order valence-electron chi connectivity index (χ0n) is 14.7. The fourth-order valence-electron chi connectivity index (χ4n) is 2.37. The number of benzene rings is 2. The van der Waals surface area contributed by atoms with Crippen molar-refractivity contribution in [2.24, 2.45) is 0 Å². The molecule has 5 nitrogen and oxygen atoms in total. The predicted molar refractivity (Wildman–Crippen MR) is 105 cm³/mol. The van der Waals surface area contributed by atoms with E-state index >= 15 is 0 Å². The van der Waals surface area contributed by atoms with E-state index in [-0.39, 0.29) is 13.2 Å². The van der Waals surface area contributed by atoms with Crippen molar-refractivity contribution in [1.82, 2.24) is 10.6 Å². The van der Waals surface area contributed by atoms with Crippen molar-refractivity contribution in [2.75, 3.05) is 33.4 Å². The Labute approximate surface area is 164 Å². The van der Waals surface area contributed by atoms with E-state index in [9.17, 15) is 0 Å². The standard InChI is InChI=1S/C19H24Cl2N2O3/c1-25-19-11-14(12-23-8-7-22-9-10-24)5-6-18(19)26-13-15-16(20)3-2-4-17(15)21/h2-6,11,22-24H,7-10,12-13H2,1H3. The van der Waals surface area contributed by atoms with Gasteiger partial charge < -0.3 is 25.2 Å². The molecule has 0 atom stereocenters. The van der Waals surface area contributed by atoms with Crippen LogP contribution in [0.1, 0.15) is 11.1 Å². The topological polar surface area (TPSA) is 62.8 Å². The highest BCUT2D eigenvalue weighted by atomic mass is 35.5. The van der Waals surface area contributed by atoms with Gasteiger partial charge in [-0.15, -0.1) is 0 Å². The van der Waals surface area contributed by atoms with Crippen LogP contribution in [-0.4, -0.2) is 38.5 Å². The average Bonchev–Trinajstić information content (AvgIpc) is 2.64. The number of ether oxygens (including phenoxy) is 2. The van der Waals surface area contributed by atoms with Crippen molar-refractivity contribution in [3.05, 3.63) is 57.6 Å². The van der Waals surface area contributed by atoms with Crippen LogP contribution in [0.4, 0.5) is 0 Å². The van der Waals surface area contributed by atoms with E-state index in [1.165, 1.54) is 0 Å². The third-order valence-electron chi connectivity index (χ3n) is 3.76. The largest absolute Gasteiger partial charge is 0.493 e. The Morgan fingerprint density at radius 2 is 1.69 bits per heavy atom. The number of rotatable bonds is 11. The number of hydrogen-bond donors (Lipinski definition) is 3. The first-order chi connectivity index (χ1) is 12.7. The van der Waals surface area contributed by atoms with Gasteiger partial charge in [-0.2, -0.15) is 0 Å². The highest BCUT2D eigenvalue weighted by molar-refractivity contribution is 6.35. The normalized spacial score (nSPS) is 10.8. The second-order valence-electron chi connectivity index (χ2n) is 5.62. The number of aliphatic hydroxyl groups is 1. The molecule has 2 rings (SSSR count). The molecule has 2 aromatic rings. The van der Waals surface area contributed by atoms with E-state index in [2.05, 4.69) is 10.6 Å². The van der Waals surface area contributed by atoms with Gasteiger partial charge in [0.15, 0.2) is 11.5 Å². The van der Waals surface area contributed by atoms with Gasteiger partial charge in [0.25, 0.3) is 0 Å². The molecule has 2 aromatic carbocycles. The first-order valence-corrected chi connectivity index (χ1v) is 9.16. The molecule has 0 amide bonds. The van der Waals surface area contributed by atoms with E-state index in [0.717, 1.165) is 24.2 Å². The second-order valence-corrected chi connectivity index (χ2v) is 6.44. The van der Waals surface area contributed by atoms with Crippen molar-refractivity contribution < 1.29 is 14.6 Å². The number of methoxy groups -OCH3 is 1. The van der Waals surface area contributed by atoms with Crippen molar-refractivity contribution in [2.45, 2.75) is 13.2 Å². The first-order valence-electron chi connectivity index (χ1n) is 8.40. The maximum atomic E-state index is 8.71. The third kappa shape index (κ3) is 6.34. The molecule has 0 unspecified atom stereocenters. The van der Waals surface area contributed by atoms with Crippen LogP contribution >= 0.6 is 23.2 Å². The van der Waals surface area contributed by atoms with E-state index in [1.807, 2.05) is 18.2 Å². The van der Waals surface area contributed by atoms with Crippen LogP contribution < -0.4 is 20.1 Å². The van der Waals surface area contributed by atoms with Gasteiger partial charge in [0.2, 0.25) is 0 Å². The van der Waals surface area contributed by atoms with Crippen molar-refractivity contribution in [3.8, 4) is 11.5 Å². The molecule has 0 aliphatic rings. The Morgan fingerprint density at radius 1 is 0.962 bits per heavy atom. The smallest absolute Gasteiger partial charge is 0.161 e. The Morgan fingerprint density at radius 3 is 2.38 bits per heavy atom. The van der Waals surface area contributed by atoms with E-state index in [1.54, 1.807) is 25.3 Å². The third-order valence-corrected chi connectivity index (χ3v) is 4.47. The van der Waals surface area contributed by atoms with Gasteiger partial charge in [0.1, 0.15) is 6.61 Å². The molecule has 7 heteroatoms. The molecular formula is C19H24Cl2N2O3. The lowest BCUT2D eigenvalue weighted by molar-refractivity contribution is 0.284. The number of hydrogen-bond acceptors (Lipinski definition) is 5. The Bertz CT molecular complexity index is 678. The van der Waals surface area contributed by atoms with Gasteiger partial charge in [-0.25, -0.2) is 0 Å². The van der Waals surface area contributed by atoms with Crippen molar-refractivity contribution in [1.29, 1.82) is 0 Å². The summed E-state index contributed by atoms with van der Waals surface area (Å²) >= 11 is 12.3. The van der Waals surface area contributed by atoms with Gasteiger partial charge in [-0.05, 0) is 29.8 Å². The fourth-order valence-corrected chi connectivity index (χ4v) is 2.88. The molecule has 0 radical (unpaired) electrons. The highest BCUT2D eigenvalue weighted by Gasteiger charge is 2.10. The minimum Gasteiger partial charge on any atom is -0.493 e. The van der Waals surface area contributed by atoms with Crippen molar-refractivity contribution in [3.63, 3.8) is 0 Å². The average molecular weight is 399 g/mol. The quantitative estimate of drug-likeness (QED) is 0.507. The van der Waals surface area contributed by atoms with Crippen LogP contribution in [0, 0.1) is 0 Å². The zero-order chi connectivity index (χ0) is 18.8. The summed E-state index contributed by atoms with van der Waals surface area (Å²) in [5.41, 5.74) is 1.84.